The minimum Gasteiger partial charge on any atom is -0.481 e. The monoisotopic (exact) mass is 388 g/mol. The van der Waals surface area contributed by atoms with Crippen molar-refractivity contribution in [1.29, 1.82) is 0 Å². The average Bonchev–Trinajstić information content (AvgIpc) is 2.49. The number of aromatic nitrogens is 1. The van der Waals surface area contributed by atoms with Gasteiger partial charge in [-0.15, -0.1) is 0 Å². The number of aliphatic hydroxyl groups is 1. The molecule has 2 rings (SSSR count). The lowest BCUT2D eigenvalue weighted by atomic mass is 9.72. The highest BCUT2D eigenvalue weighted by Gasteiger charge is 2.46. The van der Waals surface area contributed by atoms with Crippen LogP contribution < -0.4 is 0 Å². The van der Waals surface area contributed by atoms with E-state index in [9.17, 15) is 29.3 Å². The molecular weight excluding hydrogens is 367 g/mol. The molecule has 0 aliphatic carbocycles. The van der Waals surface area contributed by atoms with Crippen molar-refractivity contribution in [2.75, 3.05) is 6.54 Å². The van der Waals surface area contributed by atoms with Crippen LogP contribution in [-0.4, -0.2) is 49.9 Å². The molecule has 0 aromatic carbocycles. The molecule has 1 aromatic rings. The maximum atomic E-state index is 14.9. The molecule has 0 bridgehead atoms. The Morgan fingerprint density at radius 1 is 1.46 bits per heavy atom. The molecule has 1 amide bonds. The Labute approximate surface area is 155 Å². The minimum absolute atomic E-state index is 0.0279. The van der Waals surface area contributed by atoms with Crippen LogP contribution in [0.4, 0.5) is 9.18 Å². The van der Waals surface area contributed by atoms with Gasteiger partial charge in [-0.3, -0.25) is 4.79 Å². The zero-order chi connectivity index (χ0) is 19.9. The van der Waals surface area contributed by atoms with Gasteiger partial charge in [-0.05, 0) is 39.7 Å². The second kappa shape index (κ2) is 7.00. The van der Waals surface area contributed by atoms with Crippen LogP contribution in [0, 0.1) is 11.2 Å². The van der Waals surface area contributed by atoms with Crippen molar-refractivity contribution in [1.82, 2.24) is 9.88 Å². The van der Waals surface area contributed by atoms with Gasteiger partial charge in [0.15, 0.2) is 5.82 Å². The number of halogens is 2. The molecule has 0 saturated carbocycles. The van der Waals surface area contributed by atoms with E-state index in [1.54, 1.807) is 6.92 Å². The van der Waals surface area contributed by atoms with Crippen molar-refractivity contribution in [3.63, 3.8) is 0 Å². The van der Waals surface area contributed by atoms with Crippen molar-refractivity contribution in [3.05, 3.63) is 28.3 Å². The number of rotatable bonds is 4. The highest BCUT2D eigenvalue weighted by atomic mass is 35.5. The van der Waals surface area contributed by atoms with Gasteiger partial charge in [0.2, 0.25) is 0 Å². The van der Waals surface area contributed by atoms with Gasteiger partial charge in [0.1, 0.15) is 5.15 Å². The van der Waals surface area contributed by atoms with Gasteiger partial charge in [0, 0.05) is 24.6 Å². The molecule has 1 fully saturated rings. The Morgan fingerprint density at radius 3 is 2.54 bits per heavy atom. The first kappa shape index (κ1) is 20.4. The number of likely N-dealkylation sites (tertiary alicyclic amines) is 1. The molecular formula is C17H22ClFN2O5. The number of amides is 1. The van der Waals surface area contributed by atoms with Gasteiger partial charge >= 0.3 is 12.1 Å². The number of hydrogen-bond acceptors (Lipinski definition) is 4. The Balaban J connectivity index is 2.43. The van der Waals surface area contributed by atoms with Gasteiger partial charge in [0.25, 0.3) is 0 Å². The Hall–Kier alpha value is -1.93. The van der Waals surface area contributed by atoms with Crippen LogP contribution in [0.1, 0.15) is 44.9 Å². The highest BCUT2D eigenvalue weighted by molar-refractivity contribution is 6.29. The Morgan fingerprint density at radius 2 is 2.08 bits per heavy atom. The first-order valence-electron chi connectivity index (χ1n) is 8.18. The standard InChI is InChI=1S/C17H22ClFN2O5/c1-9-7-17(14(22)23,4-5-21(9)15(24)25)8-11-13(19)10(16(2,3)26)6-12(18)20-11/h6,9,26H,4-5,7-8H2,1-3H3,(H,22,23)(H,24,25)/t9-,17?/m1/s1. The summed E-state index contributed by atoms with van der Waals surface area (Å²) in [4.78, 5) is 28.3. The highest BCUT2D eigenvalue weighted by Crippen LogP contribution is 2.39. The smallest absolute Gasteiger partial charge is 0.407 e. The SMILES string of the molecule is C[C@@H]1CC(Cc2nc(Cl)cc(C(C)(C)O)c2F)(C(=O)O)CCN1C(=O)O. The summed E-state index contributed by atoms with van der Waals surface area (Å²) in [5, 5.41) is 29.0. The molecule has 7 nitrogen and oxygen atoms in total. The summed E-state index contributed by atoms with van der Waals surface area (Å²) in [5.74, 6) is -1.93. The van der Waals surface area contributed by atoms with Crippen LogP contribution >= 0.6 is 11.6 Å². The fourth-order valence-corrected chi connectivity index (χ4v) is 3.69. The minimum atomic E-state index is -1.51. The predicted octanol–water partition coefficient (Wildman–Crippen LogP) is 2.88. The summed E-state index contributed by atoms with van der Waals surface area (Å²) in [6, 6.07) is 0.678. The van der Waals surface area contributed by atoms with Gasteiger partial charge in [-0.2, -0.15) is 0 Å². The van der Waals surface area contributed by atoms with Gasteiger partial charge in [-0.25, -0.2) is 14.2 Å². The molecule has 3 N–H and O–H groups in total. The maximum Gasteiger partial charge on any atom is 0.407 e. The van der Waals surface area contributed by atoms with Gasteiger partial charge < -0.3 is 20.2 Å². The van der Waals surface area contributed by atoms with E-state index >= 15 is 0 Å². The lowest BCUT2D eigenvalue weighted by Gasteiger charge is -2.42. The van der Waals surface area contributed by atoms with Crippen molar-refractivity contribution in [3.8, 4) is 0 Å². The number of nitrogens with zero attached hydrogens (tertiary/aromatic N) is 2. The summed E-state index contributed by atoms with van der Waals surface area (Å²) in [6.07, 6.45) is -1.30. The van der Waals surface area contributed by atoms with Gasteiger partial charge in [-0.1, -0.05) is 11.6 Å². The fourth-order valence-electron chi connectivity index (χ4n) is 3.48. The van der Waals surface area contributed by atoms with E-state index in [4.69, 9.17) is 11.6 Å². The third kappa shape index (κ3) is 3.91. The zero-order valence-electron chi connectivity index (χ0n) is 14.8. The van der Waals surface area contributed by atoms with E-state index in [2.05, 4.69) is 4.98 Å². The summed E-state index contributed by atoms with van der Waals surface area (Å²) >= 11 is 5.94. The molecule has 144 valence electrons. The van der Waals surface area contributed by atoms with E-state index < -0.39 is 34.9 Å². The molecule has 9 heteroatoms. The van der Waals surface area contributed by atoms with Crippen LogP contribution in [0.5, 0.6) is 0 Å². The van der Waals surface area contributed by atoms with E-state index in [1.165, 1.54) is 24.8 Å². The quantitative estimate of drug-likeness (QED) is 0.684. The first-order valence-corrected chi connectivity index (χ1v) is 8.56. The zero-order valence-corrected chi connectivity index (χ0v) is 15.5. The van der Waals surface area contributed by atoms with Crippen molar-refractivity contribution in [2.24, 2.45) is 5.41 Å². The number of carboxylic acid groups (broad SMARTS) is 2. The lowest BCUT2D eigenvalue weighted by molar-refractivity contribution is -0.153. The molecule has 0 spiro atoms. The lowest BCUT2D eigenvalue weighted by Crippen LogP contribution is -2.51. The molecule has 1 unspecified atom stereocenters. The van der Waals surface area contributed by atoms with Crippen LogP contribution in [0.25, 0.3) is 0 Å². The molecule has 1 saturated heterocycles. The number of carboxylic acids is 1. The fraction of sp³-hybridized carbons (Fsp3) is 0.588. The Kier molecular flexibility index (Phi) is 5.49. The third-order valence-electron chi connectivity index (χ3n) is 4.91. The van der Waals surface area contributed by atoms with Crippen LogP contribution in [-0.2, 0) is 16.8 Å². The largest absolute Gasteiger partial charge is 0.481 e. The molecule has 1 aliphatic heterocycles. The van der Waals surface area contributed by atoms with Crippen LogP contribution in [0.3, 0.4) is 0 Å². The number of hydrogen-bond donors (Lipinski definition) is 3. The van der Waals surface area contributed by atoms with E-state index in [-0.39, 0.29) is 42.2 Å². The summed E-state index contributed by atoms with van der Waals surface area (Å²) < 4.78 is 14.9. The first-order chi connectivity index (χ1) is 11.9. The van der Waals surface area contributed by atoms with Gasteiger partial charge in [0.05, 0.1) is 16.7 Å². The average molecular weight is 389 g/mol. The van der Waals surface area contributed by atoms with E-state index in [0.717, 1.165) is 0 Å². The topological polar surface area (TPSA) is 111 Å². The van der Waals surface area contributed by atoms with Crippen molar-refractivity contribution in [2.45, 2.75) is 51.7 Å². The molecule has 1 aliphatic rings. The number of carbonyl (C=O) groups is 2. The molecule has 2 atom stereocenters. The summed E-state index contributed by atoms with van der Waals surface area (Å²) in [5.41, 5.74) is -3.08. The Bertz CT molecular complexity index is 737. The summed E-state index contributed by atoms with van der Waals surface area (Å²) in [6.45, 7) is 4.44. The van der Waals surface area contributed by atoms with E-state index in [0.29, 0.717) is 0 Å². The molecule has 2 heterocycles. The molecule has 1 aromatic heterocycles. The van der Waals surface area contributed by atoms with E-state index in [1.807, 2.05) is 0 Å². The van der Waals surface area contributed by atoms with Crippen molar-refractivity contribution >= 4 is 23.7 Å². The van der Waals surface area contributed by atoms with Crippen LogP contribution in [0.15, 0.2) is 6.07 Å². The number of aliphatic carboxylic acids is 1. The third-order valence-corrected chi connectivity index (χ3v) is 5.10. The second-order valence-electron chi connectivity index (χ2n) is 7.35. The van der Waals surface area contributed by atoms with Crippen LogP contribution in [0.2, 0.25) is 5.15 Å². The predicted molar refractivity (Wildman–Crippen MR) is 91.6 cm³/mol. The van der Waals surface area contributed by atoms with Crippen molar-refractivity contribution < 1.29 is 29.3 Å². The normalized spacial score (nSPS) is 23.8. The molecule has 26 heavy (non-hydrogen) atoms. The second-order valence-corrected chi connectivity index (χ2v) is 7.74. The number of piperidine rings is 1. The number of pyridine rings is 1. The summed E-state index contributed by atoms with van der Waals surface area (Å²) in [7, 11) is 0. The maximum absolute atomic E-state index is 14.9. The molecule has 0 radical (unpaired) electrons.